The number of rotatable bonds is 1. The lowest BCUT2D eigenvalue weighted by Crippen LogP contribution is -2.06. The molecule has 4 heteroatoms. The zero-order valence-corrected chi connectivity index (χ0v) is 7.73. The average molecular weight is 176 g/mol. The second kappa shape index (κ2) is 3.12. The van der Waals surface area contributed by atoms with Gasteiger partial charge >= 0.3 is 0 Å². The summed E-state index contributed by atoms with van der Waals surface area (Å²) in [5.41, 5.74) is 1.08. The van der Waals surface area contributed by atoms with Crippen molar-refractivity contribution in [3.63, 3.8) is 0 Å². The first-order valence-electron chi connectivity index (χ1n) is 4.41. The zero-order chi connectivity index (χ0) is 9.26. The Morgan fingerprint density at radius 1 is 1.31 bits per heavy atom. The second-order valence-electron chi connectivity index (χ2n) is 3.45. The Morgan fingerprint density at radius 2 is 2.15 bits per heavy atom. The fourth-order valence-electron chi connectivity index (χ4n) is 1.36. The topological polar surface area (TPSA) is 54.5 Å². The van der Waals surface area contributed by atoms with Gasteiger partial charge in [0.25, 0.3) is 0 Å². The van der Waals surface area contributed by atoms with Gasteiger partial charge in [-0.15, -0.1) is 5.10 Å². The molecule has 1 aromatic rings. The Hall–Kier alpha value is -1.45. The van der Waals surface area contributed by atoms with Gasteiger partial charge in [0.2, 0.25) is 0 Å². The minimum absolute atomic E-state index is 0.546. The van der Waals surface area contributed by atoms with Crippen LogP contribution in [0.25, 0.3) is 5.57 Å². The Kier molecular flexibility index (Phi) is 1.96. The molecule has 0 fully saturated rings. The Labute approximate surface area is 76.7 Å². The summed E-state index contributed by atoms with van der Waals surface area (Å²) in [5, 5.41) is 13.7. The zero-order valence-electron chi connectivity index (χ0n) is 7.73. The van der Waals surface area contributed by atoms with E-state index >= 15 is 0 Å². The van der Waals surface area contributed by atoms with Gasteiger partial charge in [-0.05, 0) is 22.3 Å². The molecule has 0 saturated heterocycles. The number of hydrogen-bond donors (Lipinski definition) is 1. The minimum atomic E-state index is 0.546. The molecule has 1 heterocycles. The van der Waals surface area contributed by atoms with Gasteiger partial charge in [-0.25, -0.2) is 5.10 Å². The van der Waals surface area contributed by atoms with Crippen molar-refractivity contribution < 1.29 is 0 Å². The van der Waals surface area contributed by atoms with E-state index in [4.69, 9.17) is 0 Å². The molecule has 0 aliphatic heterocycles. The third-order valence-corrected chi connectivity index (χ3v) is 2.47. The highest BCUT2D eigenvalue weighted by Gasteiger charge is 2.14. The lowest BCUT2D eigenvalue weighted by atomic mass is 9.88. The Balaban J connectivity index is 2.28. The number of tetrazole rings is 1. The molecule has 0 aromatic carbocycles. The molecule has 0 amide bonds. The normalized spacial score (nSPS) is 27.4. The molecular formula is C9H12N4. The maximum Gasteiger partial charge on any atom is 0.179 e. The predicted molar refractivity (Wildman–Crippen MR) is 49.6 cm³/mol. The van der Waals surface area contributed by atoms with Crippen molar-refractivity contribution in [2.24, 2.45) is 11.8 Å². The van der Waals surface area contributed by atoms with Gasteiger partial charge in [0.05, 0.1) is 0 Å². The number of nitrogens with one attached hydrogen (secondary N) is 1. The van der Waals surface area contributed by atoms with E-state index in [2.05, 4.69) is 52.7 Å². The molecule has 0 spiro atoms. The summed E-state index contributed by atoms with van der Waals surface area (Å²) in [6.45, 7) is 4.39. The van der Waals surface area contributed by atoms with Crippen molar-refractivity contribution in [3.8, 4) is 0 Å². The number of allylic oxidation sites excluding steroid dienone is 4. The first kappa shape index (κ1) is 8.16. The summed E-state index contributed by atoms with van der Waals surface area (Å²) in [6, 6.07) is 0. The first-order chi connectivity index (χ1) is 6.27. The summed E-state index contributed by atoms with van der Waals surface area (Å²) < 4.78 is 0. The minimum Gasteiger partial charge on any atom is -0.239 e. The molecule has 2 atom stereocenters. The number of aromatic nitrogens is 4. The lowest BCUT2D eigenvalue weighted by Gasteiger charge is -2.17. The molecule has 2 rings (SSSR count). The highest BCUT2D eigenvalue weighted by atomic mass is 15.5. The summed E-state index contributed by atoms with van der Waals surface area (Å²) in [4.78, 5) is 0. The number of nitrogens with zero attached hydrogens (tertiary/aromatic N) is 3. The van der Waals surface area contributed by atoms with E-state index in [1.165, 1.54) is 0 Å². The van der Waals surface area contributed by atoms with Crippen LogP contribution in [0, 0.1) is 11.8 Å². The van der Waals surface area contributed by atoms with Crippen molar-refractivity contribution in [3.05, 3.63) is 24.1 Å². The van der Waals surface area contributed by atoms with Gasteiger partial charge < -0.3 is 0 Å². The monoisotopic (exact) mass is 176 g/mol. The Morgan fingerprint density at radius 3 is 2.77 bits per heavy atom. The van der Waals surface area contributed by atoms with Crippen molar-refractivity contribution >= 4 is 5.57 Å². The molecule has 1 aromatic heterocycles. The van der Waals surface area contributed by atoms with Crippen molar-refractivity contribution in [2.75, 3.05) is 0 Å². The maximum atomic E-state index is 3.86. The quantitative estimate of drug-likeness (QED) is 0.704. The molecule has 68 valence electrons. The van der Waals surface area contributed by atoms with Crippen LogP contribution in [0.15, 0.2) is 18.2 Å². The summed E-state index contributed by atoms with van der Waals surface area (Å²) >= 11 is 0. The molecular weight excluding hydrogens is 164 g/mol. The largest absolute Gasteiger partial charge is 0.239 e. The van der Waals surface area contributed by atoms with Gasteiger partial charge in [0.1, 0.15) is 0 Å². The first-order valence-corrected chi connectivity index (χ1v) is 4.41. The molecule has 0 saturated carbocycles. The van der Waals surface area contributed by atoms with Crippen LogP contribution in [0.1, 0.15) is 19.7 Å². The second-order valence-corrected chi connectivity index (χ2v) is 3.45. The standard InChI is InChI=1S/C9H12N4/c1-6-3-4-8(5-7(6)2)9-10-12-13-11-9/h3-7H,1-2H3,(H,10,11,12,13). The van der Waals surface area contributed by atoms with Gasteiger partial charge in [-0.3, -0.25) is 0 Å². The molecule has 4 nitrogen and oxygen atoms in total. The molecule has 0 radical (unpaired) electrons. The molecule has 13 heavy (non-hydrogen) atoms. The predicted octanol–water partition coefficient (Wildman–Crippen LogP) is 1.43. The SMILES string of the molecule is CC1C=CC(c2nnn[nH]2)=CC1C. The van der Waals surface area contributed by atoms with E-state index < -0.39 is 0 Å². The van der Waals surface area contributed by atoms with Crippen molar-refractivity contribution in [1.29, 1.82) is 0 Å². The molecule has 2 unspecified atom stereocenters. The molecule has 1 aliphatic rings. The summed E-state index contributed by atoms with van der Waals surface area (Å²) in [6.07, 6.45) is 6.43. The van der Waals surface area contributed by atoms with Crippen LogP contribution in [0.4, 0.5) is 0 Å². The van der Waals surface area contributed by atoms with Crippen LogP contribution in [0.5, 0.6) is 0 Å². The van der Waals surface area contributed by atoms with Crippen LogP contribution < -0.4 is 0 Å². The smallest absolute Gasteiger partial charge is 0.179 e. The highest BCUT2D eigenvalue weighted by Crippen LogP contribution is 2.25. The van der Waals surface area contributed by atoms with Crippen LogP contribution in [-0.2, 0) is 0 Å². The molecule has 0 bridgehead atoms. The Bertz CT molecular complexity index is 337. The van der Waals surface area contributed by atoms with Crippen LogP contribution in [-0.4, -0.2) is 20.6 Å². The number of H-pyrrole nitrogens is 1. The van der Waals surface area contributed by atoms with Crippen LogP contribution >= 0.6 is 0 Å². The fourth-order valence-corrected chi connectivity index (χ4v) is 1.36. The third-order valence-electron chi connectivity index (χ3n) is 2.47. The van der Waals surface area contributed by atoms with Gasteiger partial charge in [0.15, 0.2) is 5.82 Å². The fraction of sp³-hybridized carbons (Fsp3) is 0.444. The van der Waals surface area contributed by atoms with Crippen molar-refractivity contribution in [1.82, 2.24) is 20.6 Å². The van der Waals surface area contributed by atoms with E-state index in [-0.39, 0.29) is 0 Å². The lowest BCUT2D eigenvalue weighted by molar-refractivity contribution is 0.554. The third kappa shape index (κ3) is 1.52. The van der Waals surface area contributed by atoms with E-state index in [0.29, 0.717) is 11.8 Å². The maximum absolute atomic E-state index is 3.86. The van der Waals surface area contributed by atoms with Crippen LogP contribution in [0.3, 0.4) is 0 Å². The van der Waals surface area contributed by atoms with Crippen LogP contribution in [0.2, 0.25) is 0 Å². The molecule has 1 N–H and O–H groups in total. The van der Waals surface area contributed by atoms with E-state index in [9.17, 15) is 0 Å². The number of aromatic amines is 1. The average Bonchev–Trinajstić information content (AvgIpc) is 2.62. The number of hydrogen-bond acceptors (Lipinski definition) is 3. The van der Waals surface area contributed by atoms with Gasteiger partial charge in [-0.2, -0.15) is 0 Å². The van der Waals surface area contributed by atoms with Crippen molar-refractivity contribution in [2.45, 2.75) is 13.8 Å². The van der Waals surface area contributed by atoms with Gasteiger partial charge in [0, 0.05) is 5.57 Å². The van der Waals surface area contributed by atoms with E-state index in [0.717, 1.165) is 11.4 Å². The van der Waals surface area contributed by atoms with E-state index in [1.54, 1.807) is 0 Å². The highest BCUT2D eigenvalue weighted by molar-refractivity contribution is 5.70. The van der Waals surface area contributed by atoms with Gasteiger partial charge in [-0.1, -0.05) is 32.1 Å². The van der Waals surface area contributed by atoms with E-state index in [1.807, 2.05) is 0 Å². The molecule has 1 aliphatic carbocycles. The summed E-state index contributed by atoms with van der Waals surface area (Å²) in [7, 11) is 0. The summed E-state index contributed by atoms with van der Waals surface area (Å²) in [5.74, 6) is 1.89.